The van der Waals surface area contributed by atoms with Crippen molar-refractivity contribution in [3.63, 3.8) is 0 Å². The minimum absolute atomic E-state index is 0.0905. The van der Waals surface area contributed by atoms with Gasteiger partial charge in [-0.25, -0.2) is 4.39 Å². The quantitative estimate of drug-likeness (QED) is 0.634. The van der Waals surface area contributed by atoms with Crippen molar-refractivity contribution in [2.24, 2.45) is 0 Å². The van der Waals surface area contributed by atoms with Gasteiger partial charge in [0.2, 0.25) is 0 Å². The van der Waals surface area contributed by atoms with Crippen LogP contribution in [0.3, 0.4) is 0 Å². The highest BCUT2D eigenvalue weighted by Gasteiger charge is 2.35. The van der Waals surface area contributed by atoms with Gasteiger partial charge in [-0.15, -0.1) is 0 Å². The summed E-state index contributed by atoms with van der Waals surface area (Å²) >= 11 is 6.11. The fourth-order valence-corrected chi connectivity index (χ4v) is 4.31. The highest BCUT2D eigenvalue weighted by atomic mass is 35.5. The smallest absolute Gasteiger partial charge is 0.128 e. The third kappa shape index (κ3) is 3.58. The molecule has 1 aliphatic carbocycles. The first-order chi connectivity index (χ1) is 12.8. The maximum Gasteiger partial charge on any atom is 0.128 e. The number of hydrogen-bond acceptors (Lipinski definition) is 2. The third-order valence-electron chi connectivity index (χ3n) is 5.96. The van der Waals surface area contributed by atoms with Crippen LogP contribution in [0.25, 0.3) is 5.70 Å². The largest absolute Gasteiger partial charge is 0.382 e. The Bertz CT molecular complexity index is 886. The Hall–Kier alpha value is -2.00. The minimum Gasteiger partial charge on any atom is -0.382 e. The maximum atomic E-state index is 14.4. The van der Waals surface area contributed by atoms with Crippen molar-refractivity contribution >= 4 is 23.0 Å². The fourth-order valence-electron chi connectivity index (χ4n) is 4.13. The van der Waals surface area contributed by atoms with E-state index in [0.29, 0.717) is 16.6 Å². The third-order valence-corrected chi connectivity index (χ3v) is 6.19. The Labute approximate surface area is 165 Å². The van der Waals surface area contributed by atoms with Crippen molar-refractivity contribution in [1.29, 1.82) is 0 Å². The normalized spacial score (nSPS) is 21.0. The average molecular weight is 385 g/mol. The van der Waals surface area contributed by atoms with Gasteiger partial charge in [0.05, 0.1) is 6.04 Å². The van der Waals surface area contributed by atoms with Crippen molar-refractivity contribution in [2.45, 2.75) is 57.0 Å². The summed E-state index contributed by atoms with van der Waals surface area (Å²) < 4.78 is 14.4. The first-order valence-electron chi connectivity index (χ1n) is 9.65. The Morgan fingerprint density at radius 3 is 2.70 bits per heavy atom. The number of fused-ring (bicyclic) bond motifs is 1. The first kappa shape index (κ1) is 18.4. The van der Waals surface area contributed by atoms with E-state index in [1.165, 1.54) is 30.9 Å². The molecule has 0 saturated heterocycles. The molecule has 1 heterocycles. The summed E-state index contributed by atoms with van der Waals surface area (Å²) in [6, 6.07) is 11.6. The lowest BCUT2D eigenvalue weighted by atomic mass is 9.73. The van der Waals surface area contributed by atoms with E-state index >= 15 is 0 Å². The standard InChI is InChI=1S/C23H26ClFN2/c1-14(26-17-5-4-6-17)15-7-10-21-19(11-15)23(2,3)13-22(27-21)18-12-16(24)8-9-20(18)25/h7-12,17,22,26-27H,1,4-6,13H2,2-3H3. The van der Waals surface area contributed by atoms with Crippen molar-refractivity contribution in [1.82, 2.24) is 5.32 Å². The molecule has 0 spiro atoms. The molecule has 4 rings (SSSR count). The van der Waals surface area contributed by atoms with Crippen molar-refractivity contribution in [3.8, 4) is 0 Å². The van der Waals surface area contributed by atoms with Gasteiger partial charge >= 0.3 is 0 Å². The van der Waals surface area contributed by atoms with Crippen LogP contribution in [0.15, 0.2) is 43.0 Å². The number of rotatable bonds is 4. The van der Waals surface area contributed by atoms with E-state index in [-0.39, 0.29) is 17.3 Å². The number of anilines is 1. The fraction of sp³-hybridized carbons (Fsp3) is 0.391. The predicted octanol–water partition coefficient (Wildman–Crippen LogP) is 6.43. The summed E-state index contributed by atoms with van der Waals surface area (Å²) in [6.45, 7) is 8.66. The Morgan fingerprint density at radius 2 is 2.00 bits per heavy atom. The highest BCUT2D eigenvalue weighted by molar-refractivity contribution is 6.30. The maximum absolute atomic E-state index is 14.4. The molecule has 1 fully saturated rings. The van der Waals surface area contributed by atoms with Crippen LogP contribution in [-0.4, -0.2) is 6.04 Å². The first-order valence-corrected chi connectivity index (χ1v) is 10.0. The molecule has 142 valence electrons. The minimum atomic E-state index is -0.217. The zero-order chi connectivity index (χ0) is 19.2. The van der Waals surface area contributed by atoms with Gasteiger partial charge in [0, 0.05) is 28.0 Å². The van der Waals surface area contributed by atoms with Gasteiger partial charge in [-0.05, 0) is 72.6 Å². The summed E-state index contributed by atoms with van der Waals surface area (Å²) in [5.41, 5.74) is 4.95. The van der Waals surface area contributed by atoms with Crippen LogP contribution in [-0.2, 0) is 5.41 Å². The zero-order valence-corrected chi connectivity index (χ0v) is 16.7. The van der Waals surface area contributed by atoms with Crippen LogP contribution in [0.1, 0.15) is 62.3 Å². The van der Waals surface area contributed by atoms with Crippen LogP contribution in [0.2, 0.25) is 5.02 Å². The van der Waals surface area contributed by atoms with E-state index in [2.05, 4.69) is 49.3 Å². The summed E-state index contributed by atoms with van der Waals surface area (Å²) in [5, 5.41) is 7.61. The lowest BCUT2D eigenvalue weighted by Crippen LogP contribution is -2.34. The average Bonchev–Trinajstić information content (AvgIpc) is 2.59. The Morgan fingerprint density at radius 1 is 1.22 bits per heavy atom. The van der Waals surface area contributed by atoms with Gasteiger partial charge < -0.3 is 10.6 Å². The van der Waals surface area contributed by atoms with Gasteiger partial charge in [-0.1, -0.05) is 38.1 Å². The molecule has 2 N–H and O–H groups in total. The summed E-state index contributed by atoms with van der Waals surface area (Å²) in [7, 11) is 0. The molecule has 0 amide bonds. The summed E-state index contributed by atoms with van der Waals surface area (Å²) in [6.07, 6.45) is 4.55. The molecular weight excluding hydrogens is 359 g/mol. The molecule has 0 aromatic heterocycles. The predicted molar refractivity (Wildman–Crippen MR) is 112 cm³/mol. The molecule has 2 nitrogen and oxygen atoms in total. The second-order valence-corrected chi connectivity index (χ2v) is 8.90. The second kappa shape index (κ2) is 6.87. The van der Waals surface area contributed by atoms with Crippen LogP contribution < -0.4 is 10.6 Å². The molecule has 1 saturated carbocycles. The van der Waals surface area contributed by atoms with E-state index in [4.69, 9.17) is 11.6 Å². The Balaban J connectivity index is 1.63. The molecule has 0 radical (unpaired) electrons. The van der Waals surface area contributed by atoms with Crippen LogP contribution in [0.5, 0.6) is 0 Å². The van der Waals surface area contributed by atoms with Crippen LogP contribution >= 0.6 is 11.6 Å². The number of nitrogens with one attached hydrogen (secondary N) is 2. The van der Waals surface area contributed by atoms with E-state index in [1.54, 1.807) is 12.1 Å². The molecule has 2 aromatic carbocycles. The summed E-state index contributed by atoms with van der Waals surface area (Å²) in [4.78, 5) is 0. The molecule has 1 unspecified atom stereocenters. The topological polar surface area (TPSA) is 24.1 Å². The monoisotopic (exact) mass is 384 g/mol. The molecule has 0 bridgehead atoms. The van der Waals surface area contributed by atoms with Gasteiger partial charge in [0.1, 0.15) is 5.82 Å². The van der Waals surface area contributed by atoms with Crippen molar-refractivity contribution in [3.05, 3.63) is 70.5 Å². The SMILES string of the molecule is C=C(NC1CCC1)c1ccc2c(c1)C(C)(C)CC(c1cc(Cl)ccc1F)N2. The molecule has 2 aromatic rings. The van der Waals surface area contributed by atoms with Crippen molar-refractivity contribution in [2.75, 3.05) is 5.32 Å². The van der Waals surface area contributed by atoms with E-state index in [1.807, 2.05) is 0 Å². The highest BCUT2D eigenvalue weighted by Crippen LogP contribution is 2.45. The van der Waals surface area contributed by atoms with Gasteiger partial charge in [0.15, 0.2) is 0 Å². The van der Waals surface area contributed by atoms with E-state index < -0.39 is 0 Å². The molecule has 1 aliphatic heterocycles. The molecule has 27 heavy (non-hydrogen) atoms. The Kier molecular flexibility index (Phi) is 4.67. The van der Waals surface area contributed by atoms with Gasteiger partial charge in [-0.2, -0.15) is 0 Å². The molecule has 4 heteroatoms. The van der Waals surface area contributed by atoms with Gasteiger partial charge in [0.25, 0.3) is 0 Å². The zero-order valence-electron chi connectivity index (χ0n) is 15.9. The lowest BCUT2D eigenvalue weighted by molar-refractivity contribution is 0.378. The summed E-state index contributed by atoms with van der Waals surface area (Å²) in [5.74, 6) is -0.217. The number of hydrogen-bond donors (Lipinski definition) is 2. The van der Waals surface area contributed by atoms with E-state index in [9.17, 15) is 4.39 Å². The molecule has 2 aliphatic rings. The van der Waals surface area contributed by atoms with Gasteiger partial charge in [-0.3, -0.25) is 0 Å². The van der Waals surface area contributed by atoms with Crippen LogP contribution in [0.4, 0.5) is 10.1 Å². The van der Waals surface area contributed by atoms with Crippen molar-refractivity contribution < 1.29 is 4.39 Å². The van der Waals surface area contributed by atoms with E-state index in [0.717, 1.165) is 23.4 Å². The number of halogens is 2. The second-order valence-electron chi connectivity index (χ2n) is 8.46. The van der Waals surface area contributed by atoms with Crippen LogP contribution in [0, 0.1) is 5.82 Å². The molecule has 1 atom stereocenters. The molecular formula is C23H26ClFN2. The number of benzene rings is 2. The lowest BCUT2D eigenvalue weighted by Gasteiger charge is -2.39.